The molecule has 0 aliphatic carbocycles. The van der Waals surface area contributed by atoms with Crippen LogP contribution in [0.25, 0.3) is 0 Å². The fraction of sp³-hybridized carbons (Fsp3) is 0.632. The lowest BCUT2D eigenvalue weighted by Gasteiger charge is -2.33. The highest BCUT2D eigenvalue weighted by Crippen LogP contribution is 2.21. The van der Waals surface area contributed by atoms with Gasteiger partial charge in [-0.05, 0) is 37.4 Å². The first kappa shape index (κ1) is 20.6. The molecular formula is C19H29F3N4. The maximum Gasteiger partial charge on any atom is 0.390 e. The average molecular weight is 370 g/mol. The molecule has 0 bridgehead atoms. The Balaban J connectivity index is 1.90. The van der Waals surface area contributed by atoms with Gasteiger partial charge in [-0.1, -0.05) is 30.7 Å². The van der Waals surface area contributed by atoms with Gasteiger partial charge in [-0.25, -0.2) is 0 Å². The second-order valence-corrected chi connectivity index (χ2v) is 6.80. The van der Waals surface area contributed by atoms with Gasteiger partial charge >= 0.3 is 6.18 Å². The molecule has 0 saturated carbocycles. The number of rotatable bonds is 6. The molecule has 2 rings (SSSR count). The van der Waals surface area contributed by atoms with Crippen LogP contribution in [-0.4, -0.2) is 43.2 Å². The van der Waals surface area contributed by atoms with E-state index in [1.807, 2.05) is 12.1 Å². The van der Waals surface area contributed by atoms with Gasteiger partial charge in [0, 0.05) is 32.7 Å². The summed E-state index contributed by atoms with van der Waals surface area (Å²) in [6.07, 6.45) is -1.28. The molecule has 26 heavy (non-hydrogen) atoms. The van der Waals surface area contributed by atoms with Gasteiger partial charge in [-0.2, -0.15) is 13.2 Å². The highest BCUT2D eigenvalue weighted by Gasteiger charge is 2.26. The van der Waals surface area contributed by atoms with Crippen molar-refractivity contribution in [3.63, 3.8) is 0 Å². The molecule has 1 atom stereocenters. The monoisotopic (exact) mass is 370 g/mol. The highest BCUT2D eigenvalue weighted by atomic mass is 19.4. The summed E-state index contributed by atoms with van der Waals surface area (Å²) >= 11 is 0. The van der Waals surface area contributed by atoms with Gasteiger partial charge in [-0.3, -0.25) is 9.89 Å². The normalized spacial score (nSPS) is 19.4. The van der Waals surface area contributed by atoms with Crippen molar-refractivity contribution in [2.45, 2.75) is 57.9 Å². The lowest BCUT2D eigenvalue weighted by Crippen LogP contribution is -2.39. The summed E-state index contributed by atoms with van der Waals surface area (Å²) in [7, 11) is 1.56. The summed E-state index contributed by atoms with van der Waals surface area (Å²) in [5.74, 6) is 0.385. The zero-order valence-corrected chi connectivity index (χ0v) is 15.6. The summed E-state index contributed by atoms with van der Waals surface area (Å²) in [4.78, 5) is 6.50. The number of aliphatic imine (C=N–C) groups is 1. The number of benzene rings is 1. The Morgan fingerprint density at radius 2 is 1.92 bits per heavy atom. The van der Waals surface area contributed by atoms with E-state index in [0.717, 1.165) is 18.7 Å². The molecule has 7 heteroatoms. The van der Waals surface area contributed by atoms with Crippen LogP contribution in [-0.2, 0) is 13.1 Å². The molecular weight excluding hydrogens is 341 g/mol. The summed E-state index contributed by atoms with van der Waals surface area (Å²) in [5.41, 5.74) is 2.39. The number of halogens is 3. The van der Waals surface area contributed by atoms with E-state index in [-0.39, 0.29) is 6.54 Å². The first-order chi connectivity index (χ1) is 12.4. The molecule has 0 spiro atoms. The highest BCUT2D eigenvalue weighted by molar-refractivity contribution is 5.79. The molecule has 4 nitrogen and oxygen atoms in total. The molecule has 1 aliphatic rings. The maximum absolute atomic E-state index is 12.3. The smallest absolute Gasteiger partial charge is 0.356 e. The summed E-state index contributed by atoms with van der Waals surface area (Å²) in [6.45, 7) is 4.63. The van der Waals surface area contributed by atoms with E-state index in [1.165, 1.54) is 24.8 Å². The molecule has 0 aromatic heterocycles. The molecule has 1 aromatic rings. The second kappa shape index (κ2) is 9.80. The van der Waals surface area contributed by atoms with Crippen LogP contribution in [0.4, 0.5) is 13.2 Å². The van der Waals surface area contributed by atoms with E-state index in [4.69, 9.17) is 0 Å². The van der Waals surface area contributed by atoms with Crippen LogP contribution in [0.1, 0.15) is 43.7 Å². The fourth-order valence-electron chi connectivity index (χ4n) is 3.22. The van der Waals surface area contributed by atoms with Gasteiger partial charge in [-0.15, -0.1) is 0 Å². The number of alkyl halides is 3. The molecule has 1 heterocycles. The topological polar surface area (TPSA) is 39.7 Å². The third kappa shape index (κ3) is 6.86. The van der Waals surface area contributed by atoms with Crippen LogP contribution in [0, 0.1) is 0 Å². The lowest BCUT2D eigenvalue weighted by molar-refractivity contribution is -0.132. The van der Waals surface area contributed by atoms with Crippen LogP contribution in [0.15, 0.2) is 29.3 Å². The molecule has 2 N–H and O–H groups in total. The number of likely N-dealkylation sites (tertiary alicyclic amines) is 1. The first-order valence-corrected chi connectivity index (χ1v) is 9.21. The SMILES string of the molecule is CN=C(NCCC(F)(F)F)NCc1ccccc1CN1CCCCC1C. The molecule has 1 unspecified atom stereocenters. The Morgan fingerprint density at radius 3 is 2.58 bits per heavy atom. The Bertz CT molecular complexity index is 586. The van der Waals surface area contributed by atoms with Crippen LogP contribution in [0.3, 0.4) is 0 Å². The van der Waals surface area contributed by atoms with Crippen molar-refractivity contribution in [2.24, 2.45) is 4.99 Å². The van der Waals surface area contributed by atoms with Crippen molar-refractivity contribution < 1.29 is 13.2 Å². The molecule has 1 fully saturated rings. The lowest BCUT2D eigenvalue weighted by atomic mass is 10.0. The third-order valence-corrected chi connectivity index (χ3v) is 4.80. The quantitative estimate of drug-likeness (QED) is 0.593. The van der Waals surface area contributed by atoms with Crippen molar-refractivity contribution >= 4 is 5.96 Å². The van der Waals surface area contributed by atoms with Crippen LogP contribution in [0.5, 0.6) is 0 Å². The number of nitrogens with zero attached hydrogens (tertiary/aromatic N) is 2. The zero-order valence-electron chi connectivity index (χ0n) is 15.6. The Morgan fingerprint density at radius 1 is 1.19 bits per heavy atom. The van der Waals surface area contributed by atoms with Crippen molar-refractivity contribution in [2.75, 3.05) is 20.1 Å². The first-order valence-electron chi connectivity index (χ1n) is 9.21. The van der Waals surface area contributed by atoms with Crippen molar-refractivity contribution in [3.05, 3.63) is 35.4 Å². The van der Waals surface area contributed by atoms with E-state index in [0.29, 0.717) is 18.5 Å². The molecule has 0 amide bonds. The van der Waals surface area contributed by atoms with Gasteiger partial charge in [0.15, 0.2) is 5.96 Å². The summed E-state index contributed by atoms with van der Waals surface area (Å²) in [5, 5.41) is 5.83. The Kier molecular flexibility index (Phi) is 7.75. The van der Waals surface area contributed by atoms with Crippen molar-refractivity contribution in [1.82, 2.24) is 15.5 Å². The van der Waals surface area contributed by atoms with Gasteiger partial charge in [0.25, 0.3) is 0 Å². The zero-order chi connectivity index (χ0) is 19.0. The minimum absolute atomic E-state index is 0.184. The minimum atomic E-state index is -4.16. The number of hydrogen-bond acceptors (Lipinski definition) is 2. The maximum atomic E-state index is 12.3. The molecule has 1 aromatic carbocycles. The predicted molar refractivity (Wildman–Crippen MR) is 99.0 cm³/mol. The van der Waals surface area contributed by atoms with E-state index in [9.17, 15) is 13.2 Å². The molecule has 1 aliphatic heterocycles. The van der Waals surface area contributed by atoms with Gasteiger partial charge < -0.3 is 10.6 Å². The average Bonchev–Trinajstić information content (AvgIpc) is 2.60. The largest absolute Gasteiger partial charge is 0.390 e. The van der Waals surface area contributed by atoms with Gasteiger partial charge in [0.1, 0.15) is 0 Å². The fourth-order valence-corrected chi connectivity index (χ4v) is 3.22. The van der Waals surface area contributed by atoms with Crippen molar-refractivity contribution in [3.8, 4) is 0 Å². The predicted octanol–water partition coefficient (Wildman–Crippen LogP) is 3.68. The van der Waals surface area contributed by atoms with Crippen LogP contribution >= 0.6 is 0 Å². The van der Waals surface area contributed by atoms with E-state index in [1.54, 1.807) is 7.05 Å². The third-order valence-electron chi connectivity index (χ3n) is 4.80. The van der Waals surface area contributed by atoms with Gasteiger partial charge in [0.05, 0.1) is 6.42 Å². The van der Waals surface area contributed by atoms with E-state index >= 15 is 0 Å². The standard InChI is InChI=1S/C19H29F3N4/c1-15-7-5-6-12-26(15)14-17-9-4-3-8-16(17)13-25-18(23-2)24-11-10-19(20,21)22/h3-4,8-9,15H,5-7,10-14H2,1-2H3,(H2,23,24,25). The Hall–Kier alpha value is -1.76. The van der Waals surface area contributed by atoms with Crippen molar-refractivity contribution in [1.29, 1.82) is 0 Å². The summed E-state index contributed by atoms with van der Waals surface area (Å²) < 4.78 is 36.8. The molecule has 146 valence electrons. The van der Waals surface area contributed by atoms with E-state index in [2.05, 4.69) is 39.6 Å². The van der Waals surface area contributed by atoms with Gasteiger partial charge in [0.2, 0.25) is 0 Å². The molecule has 0 radical (unpaired) electrons. The number of piperidine rings is 1. The number of nitrogens with one attached hydrogen (secondary N) is 2. The number of guanidine groups is 1. The second-order valence-electron chi connectivity index (χ2n) is 6.80. The van der Waals surface area contributed by atoms with E-state index < -0.39 is 12.6 Å². The van der Waals surface area contributed by atoms with Crippen LogP contribution in [0.2, 0.25) is 0 Å². The molecule has 1 saturated heterocycles. The van der Waals surface area contributed by atoms with Crippen LogP contribution < -0.4 is 10.6 Å². The Labute approximate surface area is 153 Å². The number of hydrogen-bond donors (Lipinski definition) is 2. The summed E-state index contributed by atoms with van der Waals surface area (Å²) in [6, 6.07) is 8.78. The minimum Gasteiger partial charge on any atom is -0.356 e.